The highest BCUT2D eigenvalue weighted by molar-refractivity contribution is 5.77. The standard InChI is InChI=1S/C15H27NO2/c1-15(2)10-9-13(17)11-16(15)14(18)8-4-7-12-5-3-6-12/h12-13,17H,3-11H2,1-2H3. The van der Waals surface area contributed by atoms with Gasteiger partial charge in [-0.1, -0.05) is 19.3 Å². The number of carbonyl (C=O) groups excluding carboxylic acids is 1. The largest absolute Gasteiger partial charge is 0.391 e. The molecule has 0 radical (unpaired) electrons. The van der Waals surface area contributed by atoms with Crippen molar-refractivity contribution in [1.29, 1.82) is 0 Å². The third kappa shape index (κ3) is 3.25. The predicted octanol–water partition coefficient (Wildman–Crippen LogP) is 2.72. The van der Waals surface area contributed by atoms with Crippen molar-refractivity contribution in [3.05, 3.63) is 0 Å². The maximum atomic E-state index is 12.3. The van der Waals surface area contributed by atoms with Crippen LogP contribution in [0.5, 0.6) is 0 Å². The summed E-state index contributed by atoms with van der Waals surface area (Å²) in [6.07, 6.45) is 8.39. The Morgan fingerprint density at radius 1 is 1.33 bits per heavy atom. The van der Waals surface area contributed by atoms with Gasteiger partial charge in [0, 0.05) is 18.5 Å². The van der Waals surface area contributed by atoms with Crippen LogP contribution in [-0.2, 0) is 4.79 Å². The maximum Gasteiger partial charge on any atom is 0.223 e. The lowest BCUT2D eigenvalue weighted by Gasteiger charge is -2.44. The highest BCUT2D eigenvalue weighted by Gasteiger charge is 2.36. The minimum atomic E-state index is -0.325. The number of nitrogens with zero attached hydrogens (tertiary/aromatic N) is 1. The van der Waals surface area contributed by atoms with Gasteiger partial charge < -0.3 is 10.0 Å². The van der Waals surface area contributed by atoms with Crippen LogP contribution in [0, 0.1) is 5.92 Å². The Hall–Kier alpha value is -0.570. The lowest BCUT2D eigenvalue weighted by atomic mass is 9.81. The average Bonchev–Trinajstić information content (AvgIpc) is 2.25. The molecule has 3 nitrogen and oxygen atoms in total. The van der Waals surface area contributed by atoms with E-state index in [9.17, 15) is 9.90 Å². The first-order valence-electron chi connectivity index (χ1n) is 7.47. The number of hydrogen-bond donors (Lipinski definition) is 1. The lowest BCUT2D eigenvalue weighted by molar-refractivity contribution is -0.142. The first-order valence-corrected chi connectivity index (χ1v) is 7.47. The molecule has 18 heavy (non-hydrogen) atoms. The molecule has 1 saturated carbocycles. The zero-order chi connectivity index (χ0) is 13.2. The molecular weight excluding hydrogens is 226 g/mol. The van der Waals surface area contributed by atoms with Gasteiger partial charge in [0.1, 0.15) is 0 Å². The Kier molecular flexibility index (Phi) is 4.31. The molecule has 0 aromatic carbocycles. The highest BCUT2D eigenvalue weighted by Crippen LogP contribution is 2.32. The molecule has 0 spiro atoms. The van der Waals surface area contributed by atoms with Gasteiger partial charge in [-0.3, -0.25) is 4.79 Å². The van der Waals surface area contributed by atoms with Crippen molar-refractivity contribution >= 4 is 5.91 Å². The average molecular weight is 253 g/mol. The second-order valence-electron chi connectivity index (χ2n) is 6.70. The van der Waals surface area contributed by atoms with Gasteiger partial charge in [-0.2, -0.15) is 0 Å². The fraction of sp³-hybridized carbons (Fsp3) is 0.933. The molecule has 1 saturated heterocycles. The number of amides is 1. The van der Waals surface area contributed by atoms with Gasteiger partial charge in [-0.05, 0) is 45.4 Å². The van der Waals surface area contributed by atoms with Crippen molar-refractivity contribution in [3.8, 4) is 0 Å². The van der Waals surface area contributed by atoms with Crippen LogP contribution < -0.4 is 0 Å². The van der Waals surface area contributed by atoms with Crippen LogP contribution in [0.1, 0.15) is 65.2 Å². The van der Waals surface area contributed by atoms with Crippen molar-refractivity contribution in [2.45, 2.75) is 76.9 Å². The second kappa shape index (κ2) is 5.60. The van der Waals surface area contributed by atoms with E-state index in [1.54, 1.807) is 0 Å². The van der Waals surface area contributed by atoms with Crippen molar-refractivity contribution < 1.29 is 9.90 Å². The molecule has 0 aromatic heterocycles. The normalized spacial score (nSPS) is 27.9. The summed E-state index contributed by atoms with van der Waals surface area (Å²) in [6, 6.07) is 0. The first-order chi connectivity index (χ1) is 8.49. The third-order valence-electron chi connectivity index (χ3n) is 4.74. The minimum absolute atomic E-state index is 0.0766. The Bertz CT molecular complexity index is 297. The fourth-order valence-corrected chi connectivity index (χ4v) is 3.10. The summed E-state index contributed by atoms with van der Waals surface area (Å²) < 4.78 is 0. The molecule has 2 rings (SSSR count). The Balaban J connectivity index is 1.78. The smallest absolute Gasteiger partial charge is 0.223 e. The van der Waals surface area contributed by atoms with Gasteiger partial charge in [0.05, 0.1) is 6.10 Å². The Labute approximate surface area is 111 Å². The molecule has 1 aliphatic carbocycles. The second-order valence-corrected chi connectivity index (χ2v) is 6.70. The highest BCUT2D eigenvalue weighted by atomic mass is 16.3. The van der Waals surface area contributed by atoms with E-state index in [4.69, 9.17) is 0 Å². The van der Waals surface area contributed by atoms with Crippen LogP contribution in [0.2, 0.25) is 0 Å². The monoisotopic (exact) mass is 253 g/mol. The molecule has 2 fully saturated rings. The zero-order valence-electron chi connectivity index (χ0n) is 11.8. The number of piperidine rings is 1. The molecule has 1 N–H and O–H groups in total. The summed E-state index contributed by atoms with van der Waals surface area (Å²) in [6.45, 7) is 4.75. The first kappa shape index (κ1) is 13.9. The van der Waals surface area contributed by atoms with Gasteiger partial charge in [0.15, 0.2) is 0 Å². The molecule has 3 heteroatoms. The molecular formula is C15H27NO2. The summed E-state index contributed by atoms with van der Waals surface area (Å²) in [5, 5.41) is 9.73. The van der Waals surface area contributed by atoms with E-state index in [-0.39, 0.29) is 17.6 Å². The number of carbonyl (C=O) groups is 1. The molecule has 2 aliphatic rings. The number of aliphatic hydroxyl groups is 1. The Morgan fingerprint density at radius 2 is 2.06 bits per heavy atom. The van der Waals surface area contributed by atoms with Gasteiger partial charge in [-0.25, -0.2) is 0 Å². The van der Waals surface area contributed by atoms with Crippen molar-refractivity contribution in [2.75, 3.05) is 6.54 Å². The maximum absolute atomic E-state index is 12.3. The van der Waals surface area contributed by atoms with E-state index in [1.807, 2.05) is 4.90 Å². The van der Waals surface area contributed by atoms with Crippen molar-refractivity contribution in [1.82, 2.24) is 4.90 Å². The van der Waals surface area contributed by atoms with E-state index in [0.29, 0.717) is 13.0 Å². The topological polar surface area (TPSA) is 40.5 Å². The quantitative estimate of drug-likeness (QED) is 0.837. The van der Waals surface area contributed by atoms with Crippen LogP contribution in [0.3, 0.4) is 0 Å². The number of rotatable bonds is 4. The Morgan fingerprint density at radius 3 is 2.67 bits per heavy atom. The van der Waals surface area contributed by atoms with Crippen LogP contribution >= 0.6 is 0 Å². The minimum Gasteiger partial charge on any atom is -0.391 e. The van der Waals surface area contributed by atoms with Gasteiger partial charge in [0.25, 0.3) is 0 Å². The van der Waals surface area contributed by atoms with Gasteiger partial charge in [-0.15, -0.1) is 0 Å². The fourth-order valence-electron chi connectivity index (χ4n) is 3.10. The summed E-state index contributed by atoms with van der Waals surface area (Å²) >= 11 is 0. The molecule has 104 valence electrons. The van der Waals surface area contributed by atoms with Gasteiger partial charge in [0.2, 0.25) is 5.91 Å². The number of aliphatic hydroxyl groups excluding tert-OH is 1. The number of likely N-dealkylation sites (tertiary alicyclic amines) is 1. The molecule has 0 bridgehead atoms. The van der Waals surface area contributed by atoms with Crippen LogP contribution in [-0.4, -0.2) is 34.1 Å². The molecule has 1 aliphatic heterocycles. The van der Waals surface area contributed by atoms with E-state index in [0.717, 1.165) is 25.2 Å². The zero-order valence-corrected chi connectivity index (χ0v) is 11.8. The van der Waals surface area contributed by atoms with Crippen molar-refractivity contribution in [3.63, 3.8) is 0 Å². The molecule has 1 heterocycles. The summed E-state index contributed by atoms with van der Waals surface area (Å²) in [5.74, 6) is 1.12. The summed E-state index contributed by atoms with van der Waals surface area (Å²) in [7, 11) is 0. The van der Waals surface area contributed by atoms with E-state index in [2.05, 4.69) is 13.8 Å². The van der Waals surface area contributed by atoms with E-state index in [1.165, 1.54) is 25.7 Å². The van der Waals surface area contributed by atoms with Crippen LogP contribution in [0.15, 0.2) is 0 Å². The molecule has 1 atom stereocenters. The van der Waals surface area contributed by atoms with E-state index >= 15 is 0 Å². The van der Waals surface area contributed by atoms with Crippen molar-refractivity contribution in [2.24, 2.45) is 5.92 Å². The predicted molar refractivity (Wildman–Crippen MR) is 72.2 cm³/mol. The summed E-state index contributed by atoms with van der Waals surface area (Å²) in [4.78, 5) is 14.2. The molecule has 0 aromatic rings. The van der Waals surface area contributed by atoms with E-state index < -0.39 is 0 Å². The number of hydrogen-bond acceptors (Lipinski definition) is 2. The SMILES string of the molecule is CC1(C)CCC(O)CN1C(=O)CCCC1CCC1. The van der Waals surface area contributed by atoms with Gasteiger partial charge >= 0.3 is 0 Å². The van der Waals surface area contributed by atoms with Crippen LogP contribution in [0.25, 0.3) is 0 Å². The third-order valence-corrected chi connectivity index (χ3v) is 4.74. The molecule has 1 amide bonds. The number of β-amino-alcohol motifs (C(OH)–C–C–N with tert-alkyl or cyclic N) is 1. The van der Waals surface area contributed by atoms with Crippen LogP contribution in [0.4, 0.5) is 0 Å². The lowest BCUT2D eigenvalue weighted by Crippen LogP contribution is -2.54. The molecule has 1 unspecified atom stereocenters. The summed E-state index contributed by atoms with van der Waals surface area (Å²) in [5.41, 5.74) is -0.0766.